The average molecular weight is 438 g/mol. The lowest BCUT2D eigenvalue weighted by molar-refractivity contribution is 0.102. The maximum Gasteiger partial charge on any atom is 0.145 e. The van der Waals surface area contributed by atoms with Crippen LogP contribution in [-0.4, -0.2) is 44.1 Å². The summed E-state index contributed by atoms with van der Waals surface area (Å²) in [5, 5.41) is 12.9. The van der Waals surface area contributed by atoms with E-state index >= 15 is 0 Å². The van der Waals surface area contributed by atoms with Crippen molar-refractivity contribution in [2.24, 2.45) is 5.92 Å². The Morgan fingerprint density at radius 3 is 2.27 bits per heavy atom. The third-order valence-corrected chi connectivity index (χ3v) is 5.65. The number of nitrogens with one attached hydrogen (secondary N) is 1. The lowest BCUT2D eigenvalue weighted by atomic mass is 9.91. The van der Waals surface area contributed by atoms with E-state index in [1.807, 2.05) is 19.9 Å². The molecule has 4 nitrogen and oxygen atoms in total. The van der Waals surface area contributed by atoms with Crippen LogP contribution >= 0.6 is 12.2 Å². The predicted molar refractivity (Wildman–Crippen MR) is 133 cm³/mol. The second-order valence-corrected chi connectivity index (χ2v) is 7.96. The molecule has 172 valence electrons. The van der Waals surface area contributed by atoms with Crippen LogP contribution in [0.1, 0.15) is 62.6 Å². The van der Waals surface area contributed by atoms with Crippen LogP contribution in [0.5, 0.6) is 5.75 Å². The van der Waals surface area contributed by atoms with Crippen molar-refractivity contribution in [2.45, 2.75) is 71.8 Å². The summed E-state index contributed by atoms with van der Waals surface area (Å²) in [6, 6.07) is 3.91. The molecule has 0 bridgehead atoms. The summed E-state index contributed by atoms with van der Waals surface area (Å²) < 4.78 is 9.54. The van der Waals surface area contributed by atoms with Gasteiger partial charge < -0.3 is 19.9 Å². The Balaban J connectivity index is 0. The first kappa shape index (κ1) is 30.6. The molecule has 2 rings (SSSR count). The molecule has 0 radical (unpaired) electrons. The Kier molecular flexibility index (Phi) is 18.5. The molecule has 0 saturated heterocycles. The fourth-order valence-electron chi connectivity index (χ4n) is 3.76. The summed E-state index contributed by atoms with van der Waals surface area (Å²) in [4.78, 5) is 0. The molecular formula is C25H43NO3S. The predicted octanol–water partition coefficient (Wildman–Crippen LogP) is 5.60. The van der Waals surface area contributed by atoms with E-state index in [2.05, 4.69) is 62.1 Å². The molecule has 1 aromatic rings. The van der Waals surface area contributed by atoms with E-state index in [0.717, 1.165) is 30.1 Å². The highest BCUT2D eigenvalue weighted by atomic mass is 32.1. The van der Waals surface area contributed by atoms with Crippen LogP contribution in [0.3, 0.4) is 0 Å². The highest BCUT2D eigenvalue weighted by Crippen LogP contribution is 2.30. The number of terminal acetylenes is 1. The fourth-order valence-corrected chi connectivity index (χ4v) is 3.76. The van der Waals surface area contributed by atoms with E-state index in [1.54, 1.807) is 7.11 Å². The van der Waals surface area contributed by atoms with E-state index in [4.69, 9.17) is 4.74 Å². The van der Waals surface area contributed by atoms with Gasteiger partial charge in [-0.1, -0.05) is 32.8 Å². The van der Waals surface area contributed by atoms with Gasteiger partial charge in [-0.05, 0) is 87.5 Å². The molecule has 2 unspecified atom stereocenters. The van der Waals surface area contributed by atoms with Crippen LogP contribution in [0.4, 0.5) is 0 Å². The summed E-state index contributed by atoms with van der Waals surface area (Å²) in [7, 11) is 5.38. The minimum Gasteiger partial charge on any atom is -0.508 e. The maximum atomic E-state index is 9.47. The van der Waals surface area contributed by atoms with Crippen molar-refractivity contribution in [1.29, 1.82) is 0 Å². The zero-order valence-corrected chi connectivity index (χ0v) is 20.9. The molecule has 0 amide bonds. The van der Waals surface area contributed by atoms with E-state index in [9.17, 15) is 5.11 Å². The van der Waals surface area contributed by atoms with Crippen molar-refractivity contribution < 1.29 is 14.6 Å². The first-order valence-electron chi connectivity index (χ1n) is 10.6. The first-order valence-corrected chi connectivity index (χ1v) is 11.0. The molecule has 0 spiro atoms. The number of hydrogen-bond acceptors (Lipinski definition) is 5. The van der Waals surface area contributed by atoms with Gasteiger partial charge in [0.05, 0.1) is 13.7 Å². The maximum absolute atomic E-state index is 9.47. The largest absolute Gasteiger partial charge is 0.508 e. The number of rotatable bonds is 5. The number of likely N-dealkylation sites (N-methyl/N-ethyl adjacent to an activating group) is 1. The standard InChI is InChI=1S/C11H23NO.C10H14O.C2H4OS.C2H2/c1-10-5-4-7-11(12-2,8-6-10)9-13-3;1-4-9-8(3)5-7(2)6-10(9)11;1-3-2-4;1-2/h10,12H,4-9H2,1-3H3;5-6,11H,4H2,1-3H3;2H,1H3;1-2H. The van der Waals surface area contributed by atoms with Crippen LogP contribution in [0.2, 0.25) is 0 Å². The SMILES string of the molecule is C#C.CCc1c(C)cc(C)cc1O.CNC1(COC)CCCC(C)CC1.COC=S. The van der Waals surface area contributed by atoms with Gasteiger partial charge in [-0.25, -0.2) is 0 Å². The lowest BCUT2D eigenvalue weighted by Crippen LogP contribution is -2.46. The van der Waals surface area contributed by atoms with E-state index < -0.39 is 0 Å². The minimum absolute atomic E-state index is 0.263. The molecule has 2 N–H and O–H groups in total. The Labute approximate surface area is 190 Å². The molecule has 1 fully saturated rings. The Morgan fingerprint density at radius 2 is 1.83 bits per heavy atom. The zero-order valence-electron chi connectivity index (χ0n) is 20.1. The van der Waals surface area contributed by atoms with Crippen molar-refractivity contribution in [3.8, 4) is 18.6 Å². The second-order valence-electron chi connectivity index (χ2n) is 7.76. The van der Waals surface area contributed by atoms with Gasteiger partial charge in [-0.15, -0.1) is 12.8 Å². The highest BCUT2D eigenvalue weighted by Gasteiger charge is 2.30. The van der Waals surface area contributed by atoms with E-state index in [1.165, 1.54) is 50.3 Å². The highest BCUT2D eigenvalue weighted by molar-refractivity contribution is 7.78. The quantitative estimate of drug-likeness (QED) is 0.357. The molecule has 1 saturated carbocycles. The van der Waals surface area contributed by atoms with Gasteiger partial charge in [0.25, 0.3) is 0 Å². The van der Waals surface area contributed by atoms with Crippen molar-refractivity contribution in [3.05, 3.63) is 28.8 Å². The average Bonchev–Trinajstić information content (AvgIpc) is 2.92. The molecular weight excluding hydrogens is 394 g/mol. The van der Waals surface area contributed by atoms with Crippen LogP contribution in [0.15, 0.2) is 12.1 Å². The third-order valence-electron chi connectivity index (χ3n) is 5.46. The number of aryl methyl sites for hydroxylation is 2. The van der Waals surface area contributed by atoms with Crippen LogP contribution in [0, 0.1) is 32.6 Å². The molecule has 5 heteroatoms. The molecule has 0 heterocycles. The van der Waals surface area contributed by atoms with Gasteiger partial charge in [-0.2, -0.15) is 0 Å². The number of ether oxygens (including phenoxy) is 2. The van der Waals surface area contributed by atoms with Crippen molar-refractivity contribution in [3.63, 3.8) is 0 Å². The summed E-state index contributed by atoms with van der Waals surface area (Å²) >= 11 is 4.21. The van der Waals surface area contributed by atoms with Gasteiger partial charge in [-0.3, -0.25) is 0 Å². The van der Waals surface area contributed by atoms with Gasteiger partial charge in [0.1, 0.15) is 11.3 Å². The van der Waals surface area contributed by atoms with Gasteiger partial charge in [0.2, 0.25) is 0 Å². The van der Waals surface area contributed by atoms with Gasteiger partial charge >= 0.3 is 0 Å². The van der Waals surface area contributed by atoms with Crippen molar-refractivity contribution in [1.82, 2.24) is 5.32 Å². The summed E-state index contributed by atoms with van der Waals surface area (Å²) in [6.07, 6.45) is 15.5. The second kappa shape index (κ2) is 18.2. The third kappa shape index (κ3) is 12.2. The number of benzene rings is 1. The molecule has 2 atom stereocenters. The molecule has 1 aliphatic rings. The minimum atomic E-state index is 0.263. The summed E-state index contributed by atoms with van der Waals surface area (Å²) in [5.74, 6) is 1.33. The Hall–Kier alpha value is -1.61. The normalized spacial score (nSPS) is 20.0. The van der Waals surface area contributed by atoms with Crippen molar-refractivity contribution >= 4 is 17.8 Å². The first-order chi connectivity index (χ1) is 14.3. The number of methoxy groups -OCH3 is 2. The monoisotopic (exact) mass is 437 g/mol. The number of aromatic hydroxyl groups is 1. The molecule has 1 aliphatic carbocycles. The molecule has 1 aromatic carbocycles. The van der Waals surface area contributed by atoms with E-state index in [0.29, 0.717) is 5.75 Å². The summed E-state index contributed by atoms with van der Waals surface area (Å²) in [6.45, 7) is 9.30. The lowest BCUT2D eigenvalue weighted by Gasteiger charge is -2.31. The van der Waals surface area contributed by atoms with Gasteiger partial charge in [0, 0.05) is 12.6 Å². The van der Waals surface area contributed by atoms with Crippen LogP contribution in [-0.2, 0) is 15.9 Å². The number of hydrogen-bond donors (Lipinski definition) is 2. The van der Waals surface area contributed by atoms with Crippen LogP contribution < -0.4 is 5.32 Å². The Morgan fingerprint density at radius 1 is 1.23 bits per heavy atom. The topological polar surface area (TPSA) is 50.7 Å². The molecule has 30 heavy (non-hydrogen) atoms. The van der Waals surface area contributed by atoms with Crippen LogP contribution in [0.25, 0.3) is 0 Å². The Bertz CT molecular complexity index is 580. The van der Waals surface area contributed by atoms with Crippen molar-refractivity contribution in [2.75, 3.05) is 27.9 Å². The fraction of sp³-hybridized carbons (Fsp3) is 0.640. The molecule has 0 aliphatic heterocycles. The smallest absolute Gasteiger partial charge is 0.145 e. The number of phenolic OH excluding ortho intramolecular Hbond substituents is 1. The number of phenols is 1. The van der Waals surface area contributed by atoms with E-state index in [-0.39, 0.29) is 5.54 Å². The number of thiocarbonyl (C=S) groups is 1. The summed E-state index contributed by atoms with van der Waals surface area (Å²) in [5.41, 5.74) is 4.84. The van der Waals surface area contributed by atoms with Gasteiger partial charge in [0.15, 0.2) is 0 Å². The molecule has 0 aromatic heterocycles. The zero-order chi connectivity index (χ0) is 23.6.